The zero-order valence-corrected chi connectivity index (χ0v) is 11.8. The van der Waals surface area contributed by atoms with E-state index in [9.17, 15) is 4.79 Å². The van der Waals surface area contributed by atoms with E-state index < -0.39 is 6.04 Å². The molecule has 0 saturated carbocycles. The molecule has 1 aromatic heterocycles. The number of rotatable bonds is 7. The van der Waals surface area contributed by atoms with Gasteiger partial charge in [-0.1, -0.05) is 19.4 Å². The Morgan fingerprint density at radius 3 is 2.89 bits per heavy atom. The van der Waals surface area contributed by atoms with Gasteiger partial charge >= 0.3 is 0 Å². The predicted molar refractivity (Wildman–Crippen MR) is 74.7 cm³/mol. The first-order valence-electron chi connectivity index (χ1n) is 6.68. The maximum atomic E-state index is 11.7. The Balaban J connectivity index is 2.59. The standard InChI is InChI=1S/C14H23N3O2/c1-4-6-12(15)13(18)17-9-11-7-5-8-16-14(11)19-10(2)3/h5,7-8,10,12H,4,6,9,15H2,1-3H3,(H,17,18)/t12-/m0/s1. The summed E-state index contributed by atoms with van der Waals surface area (Å²) in [5.41, 5.74) is 6.61. The highest BCUT2D eigenvalue weighted by Gasteiger charge is 2.13. The zero-order chi connectivity index (χ0) is 14.3. The molecule has 5 nitrogen and oxygen atoms in total. The summed E-state index contributed by atoms with van der Waals surface area (Å²) in [5.74, 6) is 0.420. The van der Waals surface area contributed by atoms with Crippen LogP contribution in [0.15, 0.2) is 18.3 Å². The molecule has 0 aromatic carbocycles. The fourth-order valence-electron chi connectivity index (χ4n) is 1.64. The molecule has 1 amide bonds. The van der Waals surface area contributed by atoms with E-state index in [0.717, 1.165) is 12.0 Å². The Morgan fingerprint density at radius 1 is 1.53 bits per heavy atom. The van der Waals surface area contributed by atoms with E-state index in [4.69, 9.17) is 10.5 Å². The van der Waals surface area contributed by atoms with Crippen LogP contribution in [0.3, 0.4) is 0 Å². The summed E-state index contributed by atoms with van der Waals surface area (Å²) in [6.45, 7) is 6.26. The van der Waals surface area contributed by atoms with E-state index >= 15 is 0 Å². The van der Waals surface area contributed by atoms with E-state index in [1.165, 1.54) is 0 Å². The lowest BCUT2D eigenvalue weighted by Gasteiger charge is -2.14. The molecule has 0 aliphatic heterocycles. The minimum atomic E-state index is -0.448. The Morgan fingerprint density at radius 2 is 2.26 bits per heavy atom. The van der Waals surface area contributed by atoms with Gasteiger partial charge in [-0.15, -0.1) is 0 Å². The first-order valence-corrected chi connectivity index (χ1v) is 6.68. The Labute approximate surface area is 114 Å². The highest BCUT2D eigenvalue weighted by molar-refractivity contribution is 5.81. The highest BCUT2D eigenvalue weighted by atomic mass is 16.5. The lowest BCUT2D eigenvalue weighted by molar-refractivity contribution is -0.122. The SMILES string of the molecule is CCC[C@H](N)C(=O)NCc1cccnc1OC(C)C. The second-order valence-corrected chi connectivity index (χ2v) is 4.75. The Bertz CT molecular complexity index is 407. The number of carbonyl (C=O) groups excluding carboxylic acids is 1. The molecule has 0 bridgehead atoms. The van der Waals surface area contributed by atoms with Crippen molar-refractivity contribution in [2.75, 3.05) is 0 Å². The molecule has 0 fully saturated rings. The Kier molecular flexibility index (Phi) is 6.29. The maximum absolute atomic E-state index is 11.7. The molecular weight excluding hydrogens is 242 g/mol. The van der Waals surface area contributed by atoms with Crippen LogP contribution in [0, 0.1) is 0 Å². The van der Waals surface area contributed by atoms with Gasteiger partial charge in [0.05, 0.1) is 12.1 Å². The fourth-order valence-corrected chi connectivity index (χ4v) is 1.64. The van der Waals surface area contributed by atoms with Gasteiger partial charge < -0.3 is 15.8 Å². The van der Waals surface area contributed by atoms with Crippen LogP contribution < -0.4 is 15.8 Å². The molecule has 1 aromatic rings. The molecule has 0 radical (unpaired) electrons. The van der Waals surface area contributed by atoms with Gasteiger partial charge in [-0.3, -0.25) is 4.79 Å². The van der Waals surface area contributed by atoms with Gasteiger partial charge in [0.15, 0.2) is 0 Å². The third-order valence-electron chi connectivity index (χ3n) is 2.59. The average Bonchev–Trinajstić information content (AvgIpc) is 2.37. The summed E-state index contributed by atoms with van der Waals surface area (Å²) in [6, 6.07) is 3.26. The molecule has 0 saturated heterocycles. The largest absolute Gasteiger partial charge is 0.475 e. The molecule has 0 unspecified atom stereocenters. The average molecular weight is 265 g/mol. The van der Waals surface area contributed by atoms with Crippen molar-refractivity contribution in [3.8, 4) is 5.88 Å². The number of nitrogens with zero attached hydrogens (tertiary/aromatic N) is 1. The molecule has 3 N–H and O–H groups in total. The van der Waals surface area contributed by atoms with Gasteiger partial charge in [0, 0.05) is 18.3 Å². The van der Waals surface area contributed by atoms with Gasteiger partial charge in [0.25, 0.3) is 0 Å². The van der Waals surface area contributed by atoms with Gasteiger partial charge in [-0.2, -0.15) is 0 Å². The fraction of sp³-hybridized carbons (Fsp3) is 0.571. The second kappa shape index (κ2) is 7.74. The summed E-state index contributed by atoms with van der Waals surface area (Å²) in [5, 5.41) is 2.81. The van der Waals surface area contributed by atoms with E-state index in [1.807, 2.05) is 32.9 Å². The summed E-state index contributed by atoms with van der Waals surface area (Å²) in [7, 11) is 0. The number of pyridine rings is 1. The molecule has 1 rings (SSSR count). The third-order valence-corrected chi connectivity index (χ3v) is 2.59. The number of aromatic nitrogens is 1. The van der Waals surface area contributed by atoms with Crippen molar-refractivity contribution >= 4 is 5.91 Å². The zero-order valence-electron chi connectivity index (χ0n) is 11.8. The van der Waals surface area contributed by atoms with Gasteiger partial charge in [-0.05, 0) is 26.3 Å². The monoisotopic (exact) mass is 265 g/mol. The molecule has 106 valence electrons. The molecule has 19 heavy (non-hydrogen) atoms. The number of hydrogen-bond acceptors (Lipinski definition) is 4. The van der Waals surface area contributed by atoms with Crippen molar-refractivity contribution in [2.24, 2.45) is 5.73 Å². The predicted octanol–water partition coefficient (Wildman–Crippen LogP) is 1.61. The number of amides is 1. The van der Waals surface area contributed by atoms with Crippen LogP contribution in [0.1, 0.15) is 39.2 Å². The maximum Gasteiger partial charge on any atom is 0.237 e. The smallest absolute Gasteiger partial charge is 0.237 e. The third kappa shape index (κ3) is 5.26. The van der Waals surface area contributed by atoms with Crippen molar-refractivity contribution in [1.82, 2.24) is 10.3 Å². The molecule has 0 aliphatic carbocycles. The van der Waals surface area contributed by atoms with Crippen molar-refractivity contribution in [2.45, 2.75) is 52.3 Å². The molecule has 5 heteroatoms. The summed E-state index contributed by atoms with van der Waals surface area (Å²) < 4.78 is 5.59. The first-order chi connectivity index (χ1) is 9.04. The van der Waals surface area contributed by atoms with Gasteiger partial charge in [0.2, 0.25) is 11.8 Å². The van der Waals surface area contributed by atoms with Crippen LogP contribution in [0.2, 0.25) is 0 Å². The quantitative estimate of drug-likeness (QED) is 0.785. The topological polar surface area (TPSA) is 77.2 Å². The number of ether oxygens (including phenoxy) is 1. The number of hydrogen-bond donors (Lipinski definition) is 2. The molecule has 1 atom stereocenters. The van der Waals surface area contributed by atoms with Crippen LogP contribution in [-0.2, 0) is 11.3 Å². The first kappa shape index (κ1) is 15.4. The van der Waals surface area contributed by atoms with E-state index in [-0.39, 0.29) is 12.0 Å². The molecule has 0 spiro atoms. The highest BCUT2D eigenvalue weighted by Crippen LogP contribution is 2.15. The van der Waals surface area contributed by atoms with Crippen LogP contribution in [-0.4, -0.2) is 23.0 Å². The van der Waals surface area contributed by atoms with Crippen molar-refractivity contribution in [1.29, 1.82) is 0 Å². The number of nitrogens with two attached hydrogens (primary N) is 1. The lowest BCUT2D eigenvalue weighted by Crippen LogP contribution is -2.40. The van der Waals surface area contributed by atoms with Gasteiger partial charge in [0.1, 0.15) is 0 Å². The second-order valence-electron chi connectivity index (χ2n) is 4.75. The van der Waals surface area contributed by atoms with E-state index in [0.29, 0.717) is 18.8 Å². The molecular formula is C14H23N3O2. The van der Waals surface area contributed by atoms with Crippen molar-refractivity contribution in [3.05, 3.63) is 23.9 Å². The molecule has 1 heterocycles. The van der Waals surface area contributed by atoms with E-state index in [2.05, 4.69) is 10.3 Å². The minimum Gasteiger partial charge on any atom is -0.475 e. The summed E-state index contributed by atoms with van der Waals surface area (Å²) in [6.07, 6.45) is 3.30. The number of nitrogens with one attached hydrogen (secondary N) is 1. The number of carbonyl (C=O) groups is 1. The molecule has 0 aliphatic rings. The van der Waals surface area contributed by atoms with Crippen LogP contribution in [0.4, 0.5) is 0 Å². The van der Waals surface area contributed by atoms with Crippen molar-refractivity contribution in [3.63, 3.8) is 0 Å². The van der Waals surface area contributed by atoms with Crippen LogP contribution >= 0.6 is 0 Å². The minimum absolute atomic E-state index is 0.0479. The summed E-state index contributed by atoms with van der Waals surface area (Å²) >= 11 is 0. The van der Waals surface area contributed by atoms with Crippen LogP contribution in [0.5, 0.6) is 5.88 Å². The van der Waals surface area contributed by atoms with Crippen LogP contribution in [0.25, 0.3) is 0 Å². The van der Waals surface area contributed by atoms with Crippen molar-refractivity contribution < 1.29 is 9.53 Å². The van der Waals surface area contributed by atoms with Gasteiger partial charge in [-0.25, -0.2) is 4.98 Å². The Hall–Kier alpha value is -1.62. The lowest BCUT2D eigenvalue weighted by atomic mass is 10.1. The summed E-state index contributed by atoms with van der Waals surface area (Å²) in [4.78, 5) is 15.9. The normalized spacial score (nSPS) is 12.3. The van der Waals surface area contributed by atoms with E-state index in [1.54, 1.807) is 6.20 Å².